The van der Waals surface area contributed by atoms with Crippen LogP contribution in [0.25, 0.3) is 21.8 Å². The van der Waals surface area contributed by atoms with Gasteiger partial charge in [0.2, 0.25) is 5.91 Å². The number of aromatic amines is 2. The molecule has 0 fully saturated rings. The molecule has 8 rings (SSSR count). The largest absolute Gasteiger partial charge is 0.489 e. The van der Waals surface area contributed by atoms with Gasteiger partial charge in [-0.1, -0.05) is 92.4 Å². The number of benzene rings is 6. The van der Waals surface area contributed by atoms with Crippen LogP contribution in [-0.2, 0) is 35.6 Å². The summed E-state index contributed by atoms with van der Waals surface area (Å²) in [4.78, 5) is 27.5. The van der Waals surface area contributed by atoms with E-state index in [1.54, 1.807) is 24.3 Å². The first kappa shape index (κ1) is 53.1. The highest BCUT2D eigenvalue weighted by atomic mass is 16.5. The number of aromatic nitrogens is 4. The van der Waals surface area contributed by atoms with Crippen LogP contribution in [0.15, 0.2) is 146 Å². The van der Waals surface area contributed by atoms with Crippen molar-refractivity contribution < 1.29 is 24.2 Å². The van der Waals surface area contributed by atoms with Crippen LogP contribution in [0.2, 0.25) is 0 Å². The number of amides is 1. The van der Waals surface area contributed by atoms with E-state index in [2.05, 4.69) is 74.3 Å². The number of carbonyl (C=O) groups is 2. The Balaban J connectivity index is 0.000000214. The van der Waals surface area contributed by atoms with Crippen molar-refractivity contribution in [1.82, 2.24) is 30.2 Å². The first-order chi connectivity index (χ1) is 33.5. The van der Waals surface area contributed by atoms with Gasteiger partial charge in [0, 0.05) is 35.2 Å². The van der Waals surface area contributed by atoms with Crippen LogP contribution in [0.4, 0.5) is 23.0 Å². The van der Waals surface area contributed by atoms with Gasteiger partial charge in [-0.05, 0) is 137 Å². The monoisotopic (exact) mass is 949 g/mol. The summed E-state index contributed by atoms with van der Waals surface area (Å²) in [7, 11) is 8.27. The van der Waals surface area contributed by atoms with E-state index in [9.17, 15) is 9.59 Å². The third-order valence-corrected chi connectivity index (χ3v) is 10.6. The topological polar surface area (TPSA) is 199 Å². The zero-order valence-electron chi connectivity index (χ0n) is 39.9. The fourth-order valence-corrected chi connectivity index (χ4v) is 7.05. The number of fused-ring (bicyclic) bond motifs is 2. The number of anilines is 4. The third-order valence-electron chi connectivity index (χ3n) is 10.6. The van der Waals surface area contributed by atoms with Crippen LogP contribution in [-0.4, -0.2) is 102 Å². The van der Waals surface area contributed by atoms with Crippen molar-refractivity contribution in [3.05, 3.63) is 168 Å². The average molecular weight is 949 g/mol. The quantitative estimate of drug-likeness (QED) is 0.0266. The summed E-state index contributed by atoms with van der Waals surface area (Å²) in [6.45, 7) is 4.85. The first-order valence-electron chi connectivity index (χ1n) is 23.0. The van der Waals surface area contributed by atoms with E-state index in [1.807, 2.05) is 121 Å². The van der Waals surface area contributed by atoms with Gasteiger partial charge in [-0.3, -0.25) is 19.8 Å². The second-order valence-corrected chi connectivity index (χ2v) is 17.0. The number of nitrogens with zero attached hydrogens (tertiary/aromatic N) is 4. The van der Waals surface area contributed by atoms with Crippen LogP contribution < -0.4 is 31.2 Å². The van der Waals surface area contributed by atoms with Gasteiger partial charge in [0.05, 0.1) is 23.9 Å². The molecule has 6 aromatic carbocycles. The van der Waals surface area contributed by atoms with Crippen LogP contribution in [0.5, 0.6) is 11.5 Å². The summed E-state index contributed by atoms with van der Waals surface area (Å²) in [5, 5.41) is 35.0. The number of carbonyl (C=O) groups excluding carboxylic acids is 1. The summed E-state index contributed by atoms with van der Waals surface area (Å²) in [5.74, 6) is 2.31. The maximum absolute atomic E-state index is 12.6. The summed E-state index contributed by atoms with van der Waals surface area (Å²) in [5.41, 5.74) is 13.1. The van der Waals surface area contributed by atoms with Crippen molar-refractivity contribution in [1.29, 1.82) is 0 Å². The molecule has 0 aliphatic rings. The van der Waals surface area contributed by atoms with E-state index in [-0.39, 0.29) is 26.2 Å². The molecule has 0 atom stereocenters. The van der Waals surface area contributed by atoms with Crippen LogP contribution in [0.3, 0.4) is 0 Å². The number of carboxylic acid groups (broad SMARTS) is 1. The highest BCUT2D eigenvalue weighted by Crippen LogP contribution is 2.25. The summed E-state index contributed by atoms with van der Waals surface area (Å²) in [6, 6.07) is 46.2. The number of nitrogens with two attached hydrogens (primary N) is 1. The van der Waals surface area contributed by atoms with E-state index < -0.39 is 5.97 Å². The van der Waals surface area contributed by atoms with Gasteiger partial charge in [0.25, 0.3) is 0 Å². The van der Waals surface area contributed by atoms with Gasteiger partial charge in [0.15, 0.2) is 11.6 Å². The Labute approximate surface area is 411 Å². The van der Waals surface area contributed by atoms with Gasteiger partial charge >= 0.3 is 5.97 Å². The normalized spacial score (nSPS) is 10.7. The van der Waals surface area contributed by atoms with Gasteiger partial charge in [-0.2, -0.15) is 10.2 Å². The molecule has 368 valence electrons. The Morgan fingerprint density at radius 2 is 1.04 bits per heavy atom. The Kier molecular flexibility index (Phi) is 21.1. The van der Waals surface area contributed by atoms with Gasteiger partial charge in [0.1, 0.15) is 24.7 Å². The van der Waals surface area contributed by atoms with Crippen LogP contribution in [0, 0.1) is 0 Å². The summed E-state index contributed by atoms with van der Waals surface area (Å²) < 4.78 is 11.4. The fourth-order valence-electron chi connectivity index (χ4n) is 7.05. The molecule has 0 radical (unpaired) electrons. The Morgan fingerprint density at radius 3 is 1.51 bits per heavy atom. The summed E-state index contributed by atoms with van der Waals surface area (Å²) >= 11 is 0. The molecule has 1 amide bonds. The Hall–Kier alpha value is -7.88. The minimum atomic E-state index is -0.826. The molecule has 15 nitrogen and oxygen atoms in total. The van der Waals surface area contributed by atoms with Crippen molar-refractivity contribution in [2.45, 2.75) is 46.3 Å². The second kappa shape index (κ2) is 27.8. The van der Waals surface area contributed by atoms with Crippen molar-refractivity contribution in [2.24, 2.45) is 0 Å². The Morgan fingerprint density at radius 1 is 0.586 bits per heavy atom. The molecule has 15 heteroatoms. The second-order valence-electron chi connectivity index (χ2n) is 17.0. The molecule has 2 heterocycles. The number of aliphatic carboxylic acids is 1. The van der Waals surface area contributed by atoms with E-state index in [0.717, 1.165) is 118 Å². The molecule has 8 aromatic rings. The Bertz CT molecular complexity index is 2780. The number of ether oxygens (including phenoxy) is 2. The van der Waals surface area contributed by atoms with Crippen molar-refractivity contribution in [3.63, 3.8) is 0 Å². The number of hydrogen-bond acceptors (Lipinski definition) is 11. The highest BCUT2D eigenvalue weighted by Gasteiger charge is 2.10. The van der Waals surface area contributed by atoms with Gasteiger partial charge < -0.3 is 46.1 Å². The third kappa shape index (κ3) is 18.0. The molecule has 70 heavy (non-hydrogen) atoms. The molecule has 0 aliphatic carbocycles. The number of rotatable bonds is 21. The zero-order chi connectivity index (χ0) is 48.8. The zero-order valence-corrected chi connectivity index (χ0v) is 39.9. The first-order valence-corrected chi connectivity index (χ1v) is 23.0. The highest BCUT2D eigenvalue weighted by molar-refractivity contribution is 5.97. The SMILES string of the molecule is C.CN(C)CCCNc1n[nH]c2ccc(N)cc12.CN(C)CCCNc1n[nH]c2ccc(NC(=O)Cc3ccc(OCc4ccccc4)cc3)cc12.O=C(O)Cc1ccc(OCc2ccccc2)cc1. The predicted molar refractivity (Wildman–Crippen MR) is 285 cm³/mol. The number of hydrogen-bond donors (Lipinski definition) is 7. The molecule has 0 saturated heterocycles. The fraction of sp³-hybridized carbons (Fsp3) is 0.273. The van der Waals surface area contributed by atoms with Crippen molar-refractivity contribution in [3.8, 4) is 11.5 Å². The van der Waals surface area contributed by atoms with E-state index >= 15 is 0 Å². The molecular weight excluding hydrogens is 881 g/mol. The van der Waals surface area contributed by atoms with E-state index in [4.69, 9.17) is 20.3 Å². The molecule has 0 unspecified atom stereocenters. The molecule has 0 saturated carbocycles. The van der Waals surface area contributed by atoms with E-state index in [0.29, 0.717) is 13.2 Å². The lowest BCUT2D eigenvalue weighted by Gasteiger charge is -2.10. The number of nitrogens with one attached hydrogen (secondary N) is 5. The van der Waals surface area contributed by atoms with Gasteiger partial charge in [-0.25, -0.2) is 0 Å². The molecule has 8 N–H and O–H groups in total. The maximum atomic E-state index is 12.6. The lowest BCUT2D eigenvalue weighted by atomic mass is 10.1. The van der Waals surface area contributed by atoms with Crippen molar-refractivity contribution >= 4 is 56.7 Å². The lowest BCUT2D eigenvalue weighted by molar-refractivity contribution is -0.136. The smallest absolute Gasteiger partial charge is 0.307 e. The van der Waals surface area contributed by atoms with E-state index in [1.165, 1.54) is 0 Å². The molecular formula is C55H68N10O5. The molecule has 0 bridgehead atoms. The lowest BCUT2D eigenvalue weighted by Crippen LogP contribution is -2.16. The predicted octanol–water partition coefficient (Wildman–Crippen LogP) is 9.72. The molecule has 0 spiro atoms. The summed E-state index contributed by atoms with van der Waals surface area (Å²) in [6.07, 6.45) is 2.44. The number of nitrogen functional groups attached to an aromatic ring is 1. The van der Waals surface area contributed by atoms with Crippen LogP contribution in [0.1, 0.15) is 42.5 Å². The average Bonchev–Trinajstić information content (AvgIpc) is 3.95. The number of carboxylic acids is 1. The van der Waals surface area contributed by atoms with Crippen LogP contribution >= 0.6 is 0 Å². The maximum Gasteiger partial charge on any atom is 0.307 e. The minimum absolute atomic E-state index is 0. The minimum Gasteiger partial charge on any atom is -0.489 e. The molecule has 0 aliphatic heterocycles. The van der Waals surface area contributed by atoms with Crippen molar-refractivity contribution in [2.75, 3.05) is 76.1 Å². The van der Waals surface area contributed by atoms with Gasteiger partial charge in [-0.15, -0.1) is 0 Å². The molecule has 2 aromatic heterocycles. The number of H-pyrrole nitrogens is 2. The standard InChI is InChI=1S/C27H31N5O2.C15H14O3.C12H19N5.CH4/c1-32(2)16-6-15-28-27-24-18-22(11-14-25(24)30-31-27)29-26(33)17-20-9-12-23(13-10-20)34-19-21-7-4-3-5-8-21;16-15(17)10-12-6-8-14(9-7-12)18-11-13-4-2-1-3-5-13;1-17(2)7-3-6-14-12-10-8-9(13)4-5-11(10)15-16-12;/h3-5,7-14,18H,6,15-17,19H2,1-2H3,(H,29,33)(H2,28,30,31);1-9H,10-11H2,(H,16,17);4-5,8H,3,6-7,13H2,1-2H3,(H2,14,15,16);1H4.